The third-order valence-corrected chi connectivity index (χ3v) is 4.63. The highest BCUT2D eigenvalue weighted by Crippen LogP contribution is 2.38. The van der Waals surface area contributed by atoms with Gasteiger partial charge in [0.1, 0.15) is 5.75 Å². The van der Waals surface area contributed by atoms with Gasteiger partial charge in [0.15, 0.2) is 0 Å². The summed E-state index contributed by atoms with van der Waals surface area (Å²) in [6, 6.07) is 4.23. The first-order chi connectivity index (χ1) is 12.0. The minimum absolute atomic E-state index is 0.334. The Morgan fingerprint density at radius 2 is 2.00 bits per heavy atom. The van der Waals surface area contributed by atoms with E-state index in [1.54, 1.807) is 18.2 Å². The van der Waals surface area contributed by atoms with E-state index in [1.165, 1.54) is 18.9 Å². The van der Waals surface area contributed by atoms with Gasteiger partial charge < -0.3 is 15.2 Å². The second kappa shape index (κ2) is 7.53. The molecule has 1 aromatic rings. The maximum atomic E-state index is 13.1. The molecule has 1 aliphatic rings. The third-order valence-electron chi connectivity index (χ3n) is 4.63. The van der Waals surface area contributed by atoms with Crippen LogP contribution in [0.5, 0.6) is 5.75 Å². The number of benzene rings is 1. The topological polar surface area (TPSA) is 78.9 Å². The van der Waals surface area contributed by atoms with Gasteiger partial charge in [-0.05, 0) is 31.5 Å². The number of ether oxygens (including phenoxy) is 1. The van der Waals surface area contributed by atoms with Crippen molar-refractivity contribution in [3.8, 4) is 5.75 Å². The first-order valence-electron chi connectivity index (χ1n) is 8.03. The van der Waals surface area contributed by atoms with E-state index in [2.05, 4.69) is 5.32 Å². The number of hydrogen-bond donors (Lipinski definition) is 2. The molecular formula is C17H21F3N2O4. The van der Waals surface area contributed by atoms with E-state index in [-0.39, 0.29) is 6.54 Å². The van der Waals surface area contributed by atoms with Crippen LogP contribution in [0.15, 0.2) is 18.2 Å². The Kier molecular flexibility index (Phi) is 5.80. The van der Waals surface area contributed by atoms with E-state index < -0.39 is 42.5 Å². The van der Waals surface area contributed by atoms with Gasteiger partial charge in [0, 0.05) is 13.1 Å². The largest absolute Gasteiger partial charge is 0.495 e. The Bertz CT molecular complexity index is 693. The lowest BCUT2D eigenvalue weighted by Gasteiger charge is -2.24. The smallest absolute Gasteiger partial charge is 0.393 e. The zero-order valence-electron chi connectivity index (χ0n) is 14.6. The number of carbonyl (C=O) groups is 2. The number of carboxylic acid groups (broad SMARTS) is 1. The van der Waals surface area contributed by atoms with Gasteiger partial charge >= 0.3 is 12.1 Å². The Morgan fingerprint density at radius 1 is 1.35 bits per heavy atom. The van der Waals surface area contributed by atoms with E-state index in [0.29, 0.717) is 11.4 Å². The lowest BCUT2D eigenvalue weighted by molar-refractivity contribution is -0.188. The molecule has 0 bridgehead atoms. The Labute approximate surface area is 148 Å². The van der Waals surface area contributed by atoms with Crippen LogP contribution in [0.25, 0.3) is 0 Å². The highest BCUT2D eigenvalue weighted by Gasteiger charge is 2.53. The average Bonchev–Trinajstić information content (AvgIpc) is 3.00. The van der Waals surface area contributed by atoms with Crippen LogP contribution in [-0.2, 0) is 9.59 Å². The summed E-state index contributed by atoms with van der Waals surface area (Å²) in [4.78, 5) is 24.9. The fourth-order valence-electron chi connectivity index (χ4n) is 3.05. The fourth-order valence-corrected chi connectivity index (χ4v) is 3.05. The first kappa shape index (κ1) is 20.0. The second-order valence-corrected chi connectivity index (χ2v) is 6.42. The molecule has 1 aliphatic heterocycles. The standard InChI is InChI=1S/C17H21F3N2O4/c1-9-4-5-14(26-3)13(6-9)21-15(23)10(2)22-7-11(16(24)25)12(8-22)17(18,19)20/h4-6,10-12H,7-8H2,1-3H3,(H,21,23)(H,24,25)/t10?,11-,12-/m1/s1. The third kappa shape index (κ3) is 4.27. The van der Waals surface area contributed by atoms with Crippen LogP contribution in [0.2, 0.25) is 0 Å². The molecule has 26 heavy (non-hydrogen) atoms. The number of amides is 1. The molecule has 0 aromatic heterocycles. The molecule has 1 heterocycles. The SMILES string of the molecule is COc1ccc(C)cc1NC(=O)C(C)N1C[C@@H](C(F)(F)F)[C@H](C(=O)O)C1. The highest BCUT2D eigenvalue weighted by atomic mass is 19.4. The second-order valence-electron chi connectivity index (χ2n) is 6.42. The summed E-state index contributed by atoms with van der Waals surface area (Å²) in [6.07, 6.45) is -4.63. The minimum atomic E-state index is -4.63. The number of carboxylic acids is 1. The van der Waals surface area contributed by atoms with Crippen molar-refractivity contribution in [2.75, 3.05) is 25.5 Å². The molecule has 144 valence electrons. The molecule has 2 N–H and O–H groups in total. The lowest BCUT2D eigenvalue weighted by Crippen LogP contribution is -2.41. The van der Waals surface area contributed by atoms with Crippen molar-refractivity contribution < 1.29 is 32.6 Å². The van der Waals surface area contributed by atoms with Crippen molar-refractivity contribution in [3.05, 3.63) is 23.8 Å². The molecule has 3 atom stereocenters. The molecule has 1 aromatic carbocycles. The zero-order chi connectivity index (χ0) is 19.6. The molecule has 1 amide bonds. The van der Waals surface area contributed by atoms with Crippen molar-refractivity contribution in [3.63, 3.8) is 0 Å². The number of aryl methyl sites for hydroxylation is 1. The summed E-state index contributed by atoms with van der Waals surface area (Å²) >= 11 is 0. The lowest BCUT2D eigenvalue weighted by atomic mass is 9.96. The van der Waals surface area contributed by atoms with E-state index >= 15 is 0 Å². The Morgan fingerprint density at radius 3 is 2.50 bits per heavy atom. The van der Waals surface area contributed by atoms with Gasteiger partial charge in [0.25, 0.3) is 0 Å². The summed E-state index contributed by atoms with van der Waals surface area (Å²) in [6.45, 7) is 2.42. The first-order valence-corrected chi connectivity index (χ1v) is 8.03. The van der Waals surface area contributed by atoms with Gasteiger partial charge in [-0.25, -0.2) is 0 Å². The summed E-state index contributed by atoms with van der Waals surface area (Å²) in [5.41, 5.74) is 1.28. The van der Waals surface area contributed by atoms with Crippen molar-refractivity contribution in [2.45, 2.75) is 26.1 Å². The number of hydrogen-bond acceptors (Lipinski definition) is 4. The van der Waals surface area contributed by atoms with Crippen LogP contribution >= 0.6 is 0 Å². The van der Waals surface area contributed by atoms with Gasteiger partial charge in [-0.1, -0.05) is 6.07 Å². The van der Waals surface area contributed by atoms with Crippen LogP contribution in [-0.4, -0.2) is 54.3 Å². The predicted molar refractivity (Wildman–Crippen MR) is 88.1 cm³/mol. The predicted octanol–water partition coefficient (Wildman–Crippen LogP) is 2.53. The minimum Gasteiger partial charge on any atom is -0.495 e. The van der Waals surface area contributed by atoms with Gasteiger partial charge in [-0.2, -0.15) is 13.2 Å². The van der Waals surface area contributed by atoms with E-state index in [1.807, 2.05) is 6.92 Å². The quantitative estimate of drug-likeness (QED) is 0.828. The number of halogens is 3. The van der Waals surface area contributed by atoms with Gasteiger partial charge in [-0.15, -0.1) is 0 Å². The molecule has 0 aliphatic carbocycles. The molecule has 6 nitrogen and oxygen atoms in total. The summed E-state index contributed by atoms with van der Waals surface area (Å²) in [5.74, 6) is -5.19. The number of alkyl halides is 3. The maximum Gasteiger partial charge on any atom is 0.393 e. The van der Waals surface area contributed by atoms with E-state index in [9.17, 15) is 22.8 Å². The molecule has 0 saturated carbocycles. The monoisotopic (exact) mass is 374 g/mol. The maximum absolute atomic E-state index is 13.1. The van der Waals surface area contributed by atoms with Crippen LogP contribution < -0.4 is 10.1 Å². The summed E-state index contributed by atoms with van der Waals surface area (Å²) < 4.78 is 44.4. The number of nitrogens with one attached hydrogen (secondary N) is 1. The fraction of sp³-hybridized carbons (Fsp3) is 0.529. The zero-order valence-corrected chi connectivity index (χ0v) is 14.6. The molecule has 0 radical (unpaired) electrons. The molecule has 9 heteroatoms. The molecule has 1 saturated heterocycles. The van der Waals surface area contributed by atoms with E-state index in [4.69, 9.17) is 9.84 Å². The highest BCUT2D eigenvalue weighted by molar-refractivity contribution is 5.96. The van der Waals surface area contributed by atoms with Gasteiger partial charge in [0.2, 0.25) is 5.91 Å². The molecule has 1 fully saturated rings. The van der Waals surface area contributed by atoms with Crippen LogP contribution in [0, 0.1) is 18.8 Å². The molecule has 1 unspecified atom stereocenters. The normalized spacial score (nSPS) is 22.1. The number of rotatable bonds is 5. The Hall–Kier alpha value is -2.29. The van der Waals surface area contributed by atoms with Crippen LogP contribution in [0.4, 0.5) is 18.9 Å². The van der Waals surface area contributed by atoms with Gasteiger partial charge in [-0.3, -0.25) is 14.5 Å². The summed E-state index contributed by atoms with van der Waals surface area (Å²) in [7, 11) is 1.44. The van der Waals surface area contributed by atoms with Crippen molar-refractivity contribution >= 4 is 17.6 Å². The number of methoxy groups -OCH3 is 1. The number of nitrogens with zero attached hydrogens (tertiary/aromatic N) is 1. The molecular weight excluding hydrogens is 353 g/mol. The molecule has 2 rings (SSSR count). The van der Waals surface area contributed by atoms with Gasteiger partial charge in [0.05, 0.1) is 30.7 Å². The summed E-state index contributed by atoms with van der Waals surface area (Å²) in [5, 5.41) is 11.7. The van der Waals surface area contributed by atoms with Crippen molar-refractivity contribution in [1.29, 1.82) is 0 Å². The number of aliphatic carboxylic acids is 1. The van der Waals surface area contributed by atoms with Crippen molar-refractivity contribution in [1.82, 2.24) is 4.90 Å². The van der Waals surface area contributed by atoms with Crippen LogP contribution in [0.3, 0.4) is 0 Å². The van der Waals surface area contributed by atoms with Crippen molar-refractivity contribution in [2.24, 2.45) is 11.8 Å². The molecule has 0 spiro atoms. The number of likely N-dealkylation sites (tertiary alicyclic amines) is 1. The van der Waals surface area contributed by atoms with E-state index in [0.717, 1.165) is 5.56 Å². The Balaban J connectivity index is 2.14. The van der Waals surface area contributed by atoms with Crippen LogP contribution in [0.1, 0.15) is 12.5 Å². The average molecular weight is 374 g/mol. The number of carbonyl (C=O) groups excluding carboxylic acids is 1. The number of anilines is 1.